The summed E-state index contributed by atoms with van der Waals surface area (Å²) in [6.07, 6.45) is 2.24. The first kappa shape index (κ1) is 14.4. The zero-order chi connectivity index (χ0) is 14.7. The SMILES string of the molecule is O=C(O)CSc1nc2ccccc2n1CC1CCCOC1. The highest BCUT2D eigenvalue weighted by molar-refractivity contribution is 7.99. The number of thioether (sulfide) groups is 1. The van der Waals surface area contributed by atoms with Crippen molar-refractivity contribution in [3.63, 3.8) is 0 Å². The predicted molar refractivity (Wildman–Crippen MR) is 81.6 cm³/mol. The first-order valence-corrected chi connectivity index (χ1v) is 8.10. The first-order chi connectivity index (χ1) is 10.2. The van der Waals surface area contributed by atoms with E-state index in [0.29, 0.717) is 5.92 Å². The lowest BCUT2D eigenvalue weighted by molar-refractivity contribution is -0.133. The van der Waals surface area contributed by atoms with E-state index in [9.17, 15) is 4.79 Å². The van der Waals surface area contributed by atoms with Crippen LogP contribution in [0.25, 0.3) is 11.0 Å². The van der Waals surface area contributed by atoms with E-state index >= 15 is 0 Å². The number of rotatable bonds is 5. The molecule has 2 aromatic rings. The summed E-state index contributed by atoms with van der Waals surface area (Å²) in [4.78, 5) is 15.4. The van der Waals surface area contributed by atoms with Crippen molar-refractivity contribution in [3.8, 4) is 0 Å². The van der Waals surface area contributed by atoms with E-state index in [1.807, 2.05) is 24.3 Å². The maximum absolute atomic E-state index is 10.8. The van der Waals surface area contributed by atoms with Crippen LogP contribution < -0.4 is 0 Å². The number of nitrogens with zero attached hydrogens (tertiary/aromatic N) is 2. The summed E-state index contributed by atoms with van der Waals surface area (Å²) in [5.74, 6) is -0.315. The number of imidazole rings is 1. The van der Waals surface area contributed by atoms with Crippen molar-refractivity contribution in [2.45, 2.75) is 24.5 Å². The van der Waals surface area contributed by atoms with Gasteiger partial charge in [0, 0.05) is 19.1 Å². The van der Waals surface area contributed by atoms with Crippen LogP contribution in [0, 0.1) is 5.92 Å². The lowest BCUT2D eigenvalue weighted by Crippen LogP contribution is -2.22. The van der Waals surface area contributed by atoms with Crippen molar-refractivity contribution >= 4 is 28.8 Å². The van der Waals surface area contributed by atoms with Crippen molar-refractivity contribution < 1.29 is 14.6 Å². The van der Waals surface area contributed by atoms with Gasteiger partial charge in [-0.15, -0.1) is 0 Å². The molecule has 1 N–H and O–H groups in total. The van der Waals surface area contributed by atoms with Crippen molar-refractivity contribution in [2.24, 2.45) is 5.92 Å². The molecule has 1 aliphatic rings. The number of carbonyl (C=O) groups is 1. The Labute approximate surface area is 127 Å². The van der Waals surface area contributed by atoms with Crippen LogP contribution in [0.4, 0.5) is 0 Å². The number of hydrogen-bond donors (Lipinski definition) is 1. The number of ether oxygens (including phenoxy) is 1. The summed E-state index contributed by atoms with van der Waals surface area (Å²) in [5.41, 5.74) is 1.98. The van der Waals surface area contributed by atoms with E-state index in [1.54, 1.807) is 0 Å². The number of aliphatic carboxylic acids is 1. The number of hydrogen-bond acceptors (Lipinski definition) is 4. The van der Waals surface area contributed by atoms with Gasteiger partial charge in [-0.3, -0.25) is 4.79 Å². The molecule has 1 atom stereocenters. The molecule has 1 saturated heterocycles. The number of benzene rings is 1. The van der Waals surface area contributed by atoms with E-state index in [4.69, 9.17) is 9.84 Å². The Morgan fingerprint density at radius 2 is 2.33 bits per heavy atom. The molecule has 0 aliphatic carbocycles. The molecule has 112 valence electrons. The number of fused-ring (bicyclic) bond motifs is 1. The Kier molecular flexibility index (Phi) is 4.45. The fourth-order valence-corrected chi connectivity index (χ4v) is 3.42. The number of carboxylic acids is 1. The van der Waals surface area contributed by atoms with Gasteiger partial charge in [-0.1, -0.05) is 23.9 Å². The molecular formula is C15H18N2O3S. The number of carboxylic acid groups (broad SMARTS) is 1. The van der Waals surface area contributed by atoms with Crippen LogP contribution in [0.1, 0.15) is 12.8 Å². The summed E-state index contributed by atoms with van der Waals surface area (Å²) in [7, 11) is 0. The van der Waals surface area contributed by atoms with Gasteiger partial charge in [0.15, 0.2) is 5.16 Å². The van der Waals surface area contributed by atoms with Gasteiger partial charge in [0.1, 0.15) is 0 Å². The summed E-state index contributed by atoms with van der Waals surface area (Å²) in [6.45, 7) is 2.46. The number of aromatic nitrogens is 2. The van der Waals surface area contributed by atoms with E-state index in [2.05, 4.69) is 9.55 Å². The van der Waals surface area contributed by atoms with Gasteiger partial charge in [0.25, 0.3) is 0 Å². The second-order valence-electron chi connectivity index (χ2n) is 5.26. The Bertz CT molecular complexity index is 635. The molecule has 0 saturated carbocycles. The maximum atomic E-state index is 10.8. The van der Waals surface area contributed by atoms with E-state index in [-0.39, 0.29) is 5.75 Å². The van der Waals surface area contributed by atoms with Gasteiger partial charge < -0.3 is 14.4 Å². The van der Waals surface area contributed by atoms with Crippen LogP contribution in [0.5, 0.6) is 0 Å². The molecule has 1 aromatic carbocycles. The molecule has 5 nitrogen and oxygen atoms in total. The molecule has 0 spiro atoms. The topological polar surface area (TPSA) is 64.3 Å². The van der Waals surface area contributed by atoms with Crippen LogP contribution in [0.3, 0.4) is 0 Å². The fraction of sp³-hybridized carbons (Fsp3) is 0.467. The molecule has 2 heterocycles. The quantitative estimate of drug-likeness (QED) is 0.860. The van der Waals surface area contributed by atoms with Crippen LogP contribution in [0.2, 0.25) is 0 Å². The minimum Gasteiger partial charge on any atom is -0.481 e. The second kappa shape index (κ2) is 6.49. The summed E-state index contributed by atoms with van der Waals surface area (Å²) >= 11 is 1.28. The van der Waals surface area contributed by atoms with Gasteiger partial charge >= 0.3 is 5.97 Å². The van der Waals surface area contributed by atoms with Crippen LogP contribution in [-0.4, -0.2) is 39.6 Å². The minimum atomic E-state index is -0.820. The van der Waals surface area contributed by atoms with Crippen molar-refractivity contribution in [2.75, 3.05) is 19.0 Å². The highest BCUT2D eigenvalue weighted by Crippen LogP contribution is 2.27. The minimum absolute atomic E-state index is 0.0322. The fourth-order valence-electron chi connectivity index (χ4n) is 2.68. The van der Waals surface area contributed by atoms with Gasteiger partial charge in [0.05, 0.1) is 23.4 Å². The number of para-hydroxylation sites is 2. The van der Waals surface area contributed by atoms with Crippen LogP contribution in [0.15, 0.2) is 29.4 Å². The molecule has 6 heteroatoms. The van der Waals surface area contributed by atoms with Crippen molar-refractivity contribution in [1.82, 2.24) is 9.55 Å². The Hall–Kier alpha value is -1.53. The third-order valence-corrected chi connectivity index (χ3v) is 4.60. The lowest BCUT2D eigenvalue weighted by Gasteiger charge is -2.23. The summed E-state index contributed by atoms with van der Waals surface area (Å²) < 4.78 is 7.69. The van der Waals surface area contributed by atoms with Gasteiger partial charge in [-0.25, -0.2) is 4.98 Å². The Morgan fingerprint density at radius 3 is 3.10 bits per heavy atom. The summed E-state index contributed by atoms with van der Waals surface area (Å²) in [6, 6.07) is 7.95. The predicted octanol–water partition coefficient (Wildman–Crippen LogP) is 2.64. The third kappa shape index (κ3) is 3.39. The average Bonchev–Trinajstić information content (AvgIpc) is 2.84. The highest BCUT2D eigenvalue weighted by atomic mass is 32.2. The average molecular weight is 306 g/mol. The smallest absolute Gasteiger partial charge is 0.313 e. The molecule has 0 amide bonds. The third-order valence-electron chi connectivity index (χ3n) is 3.64. The zero-order valence-corrected chi connectivity index (χ0v) is 12.5. The Morgan fingerprint density at radius 1 is 1.48 bits per heavy atom. The van der Waals surface area contributed by atoms with Crippen LogP contribution >= 0.6 is 11.8 Å². The van der Waals surface area contributed by atoms with Gasteiger partial charge in [-0.05, 0) is 25.0 Å². The molecule has 3 rings (SSSR count). The molecule has 1 aliphatic heterocycles. The Balaban J connectivity index is 1.88. The maximum Gasteiger partial charge on any atom is 0.313 e. The van der Waals surface area contributed by atoms with Crippen molar-refractivity contribution in [1.29, 1.82) is 0 Å². The van der Waals surface area contributed by atoms with Gasteiger partial charge in [-0.2, -0.15) is 0 Å². The standard InChI is InChI=1S/C15H18N2O3S/c18-14(19)10-21-15-16-12-5-1-2-6-13(12)17(15)8-11-4-3-7-20-9-11/h1-2,5-6,11H,3-4,7-10H2,(H,18,19). The molecule has 0 bridgehead atoms. The lowest BCUT2D eigenvalue weighted by atomic mass is 10.0. The first-order valence-electron chi connectivity index (χ1n) is 7.11. The molecule has 21 heavy (non-hydrogen) atoms. The van der Waals surface area contributed by atoms with Gasteiger partial charge in [0.2, 0.25) is 0 Å². The molecule has 1 unspecified atom stereocenters. The van der Waals surface area contributed by atoms with E-state index in [0.717, 1.165) is 48.8 Å². The van der Waals surface area contributed by atoms with E-state index in [1.165, 1.54) is 11.8 Å². The molecule has 0 radical (unpaired) electrons. The second-order valence-corrected chi connectivity index (χ2v) is 6.20. The van der Waals surface area contributed by atoms with Crippen LogP contribution in [-0.2, 0) is 16.1 Å². The monoisotopic (exact) mass is 306 g/mol. The normalized spacial score (nSPS) is 19.0. The molecule has 1 fully saturated rings. The molecular weight excluding hydrogens is 288 g/mol. The summed E-state index contributed by atoms with van der Waals surface area (Å²) in [5, 5.41) is 9.67. The van der Waals surface area contributed by atoms with E-state index < -0.39 is 5.97 Å². The van der Waals surface area contributed by atoms with Crippen molar-refractivity contribution in [3.05, 3.63) is 24.3 Å². The largest absolute Gasteiger partial charge is 0.481 e. The zero-order valence-electron chi connectivity index (χ0n) is 11.7. The highest BCUT2D eigenvalue weighted by Gasteiger charge is 2.19. The molecule has 1 aromatic heterocycles.